The van der Waals surface area contributed by atoms with Gasteiger partial charge in [0, 0.05) is 41.9 Å². The number of piperazine rings is 1. The molecular weight excluding hydrogens is 314 g/mol. The minimum absolute atomic E-state index is 0.251. The number of hydrogen-bond acceptors (Lipinski definition) is 3. The molecular formula is C16H26BrN3. The van der Waals surface area contributed by atoms with Gasteiger partial charge >= 0.3 is 0 Å². The van der Waals surface area contributed by atoms with E-state index >= 15 is 0 Å². The number of anilines is 1. The van der Waals surface area contributed by atoms with Crippen molar-refractivity contribution in [2.45, 2.75) is 38.8 Å². The Kier molecular flexibility index (Phi) is 5.47. The van der Waals surface area contributed by atoms with Gasteiger partial charge in [0.1, 0.15) is 0 Å². The van der Waals surface area contributed by atoms with Crippen LogP contribution in [0.1, 0.15) is 25.8 Å². The Labute approximate surface area is 131 Å². The van der Waals surface area contributed by atoms with Crippen LogP contribution in [-0.2, 0) is 6.42 Å². The first-order valence-electron chi connectivity index (χ1n) is 7.50. The van der Waals surface area contributed by atoms with Crippen LogP contribution in [-0.4, -0.2) is 43.7 Å². The van der Waals surface area contributed by atoms with Gasteiger partial charge in [0.25, 0.3) is 0 Å². The summed E-state index contributed by atoms with van der Waals surface area (Å²) in [4.78, 5) is 4.89. The smallest absolute Gasteiger partial charge is 0.0378 e. The van der Waals surface area contributed by atoms with Crippen LogP contribution in [0.25, 0.3) is 0 Å². The molecule has 0 amide bonds. The van der Waals surface area contributed by atoms with Crippen molar-refractivity contribution < 1.29 is 0 Å². The molecule has 112 valence electrons. The van der Waals surface area contributed by atoms with Crippen LogP contribution in [0.5, 0.6) is 0 Å². The molecule has 0 aliphatic carbocycles. The summed E-state index contributed by atoms with van der Waals surface area (Å²) in [6.07, 6.45) is 1.96. The van der Waals surface area contributed by atoms with Gasteiger partial charge in [-0.25, -0.2) is 0 Å². The molecule has 2 unspecified atom stereocenters. The molecule has 0 bridgehead atoms. The molecule has 3 nitrogen and oxygen atoms in total. The Balaban J connectivity index is 2.09. The van der Waals surface area contributed by atoms with Crippen molar-refractivity contribution in [3.05, 3.63) is 28.2 Å². The molecule has 0 saturated carbocycles. The summed E-state index contributed by atoms with van der Waals surface area (Å²) in [6.45, 7) is 7.74. The third kappa shape index (κ3) is 3.74. The quantitative estimate of drug-likeness (QED) is 0.915. The van der Waals surface area contributed by atoms with E-state index in [2.05, 4.69) is 64.8 Å². The van der Waals surface area contributed by atoms with Gasteiger partial charge in [-0.1, -0.05) is 28.9 Å². The number of halogens is 1. The Bertz CT molecular complexity index is 449. The molecule has 1 aliphatic rings. The predicted octanol–water partition coefficient (Wildman–Crippen LogP) is 2.87. The zero-order chi connectivity index (χ0) is 14.7. The highest BCUT2D eigenvalue weighted by atomic mass is 79.9. The zero-order valence-electron chi connectivity index (χ0n) is 12.8. The lowest BCUT2D eigenvalue weighted by Gasteiger charge is -2.39. The maximum absolute atomic E-state index is 6.05. The van der Waals surface area contributed by atoms with Crippen molar-refractivity contribution in [1.29, 1.82) is 0 Å². The maximum atomic E-state index is 6.05. The van der Waals surface area contributed by atoms with Gasteiger partial charge in [0.2, 0.25) is 0 Å². The molecule has 20 heavy (non-hydrogen) atoms. The van der Waals surface area contributed by atoms with Gasteiger partial charge in [0.15, 0.2) is 0 Å². The average molecular weight is 340 g/mol. The van der Waals surface area contributed by atoms with Gasteiger partial charge in [-0.05, 0) is 44.5 Å². The number of nitrogens with two attached hydrogens (primary N) is 1. The first-order valence-corrected chi connectivity index (χ1v) is 8.29. The van der Waals surface area contributed by atoms with Crippen LogP contribution in [0.15, 0.2) is 22.7 Å². The molecule has 0 radical (unpaired) electrons. The van der Waals surface area contributed by atoms with Crippen LogP contribution < -0.4 is 10.6 Å². The largest absolute Gasteiger partial charge is 0.369 e. The number of likely N-dealkylation sites (N-methyl/N-ethyl adjacent to an activating group) is 1. The van der Waals surface area contributed by atoms with Crippen molar-refractivity contribution in [3.8, 4) is 0 Å². The molecule has 1 saturated heterocycles. The van der Waals surface area contributed by atoms with E-state index in [1.165, 1.54) is 15.7 Å². The molecule has 1 aromatic carbocycles. The topological polar surface area (TPSA) is 32.5 Å². The monoisotopic (exact) mass is 339 g/mol. The normalized spacial score (nSPS) is 22.1. The van der Waals surface area contributed by atoms with E-state index < -0.39 is 0 Å². The summed E-state index contributed by atoms with van der Waals surface area (Å²) in [5, 5.41) is 0. The molecule has 1 aliphatic heterocycles. The van der Waals surface area contributed by atoms with E-state index in [-0.39, 0.29) is 6.04 Å². The SMILES string of the molecule is CCC(N)Cc1ccc(N2CCN(C)C(C)C2)cc1Br. The van der Waals surface area contributed by atoms with Crippen molar-refractivity contribution >= 4 is 21.6 Å². The van der Waals surface area contributed by atoms with Crippen molar-refractivity contribution in [3.63, 3.8) is 0 Å². The standard InChI is InChI=1S/C16H26BrN3/c1-4-14(18)9-13-5-6-15(10-16(13)17)20-8-7-19(3)12(2)11-20/h5-6,10,12,14H,4,7-9,11,18H2,1-3H3. The predicted molar refractivity (Wildman–Crippen MR) is 90.4 cm³/mol. The van der Waals surface area contributed by atoms with Crippen molar-refractivity contribution in [1.82, 2.24) is 4.90 Å². The number of nitrogens with zero attached hydrogens (tertiary/aromatic N) is 2. The lowest BCUT2D eigenvalue weighted by atomic mass is 10.0. The highest BCUT2D eigenvalue weighted by Gasteiger charge is 2.21. The fraction of sp³-hybridized carbons (Fsp3) is 0.625. The summed E-state index contributed by atoms with van der Waals surface area (Å²) in [7, 11) is 2.20. The lowest BCUT2D eigenvalue weighted by Crippen LogP contribution is -2.50. The maximum Gasteiger partial charge on any atom is 0.0378 e. The number of hydrogen-bond donors (Lipinski definition) is 1. The minimum atomic E-state index is 0.251. The molecule has 1 heterocycles. The Morgan fingerprint density at radius 2 is 2.15 bits per heavy atom. The van der Waals surface area contributed by atoms with Gasteiger partial charge in [-0.3, -0.25) is 0 Å². The van der Waals surface area contributed by atoms with Gasteiger partial charge in [-0.2, -0.15) is 0 Å². The van der Waals surface area contributed by atoms with Crippen molar-refractivity contribution in [2.24, 2.45) is 5.73 Å². The van der Waals surface area contributed by atoms with E-state index in [1.54, 1.807) is 0 Å². The van der Waals surface area contributed by atoms with Gasteiger partial charge in [0.05, 0.1) is 0 Å². The zero-order valence-corrected chi connectivity index (χ0v) is 14.4. The van der Waals surface area contributed by atoms with E-state index in [0.717, 1.165) is 32.5 Å². The third-order valence-corrected chi connectivity index (χ3v) is 5.11. The molecule has 1 fully saturated rings. The second-order valence-electron chi connectivity index (χ2n) is 5.92. The molecule has 1 aromatic rings. The number of benzene rings is 1. The Morgan fingerprint density at radius 3 is 2.75 bits per heavy atom. The average Bonchev–Trinajstić information content (AvgIpc) is 2.44. The summed E-state index contributed by atoms with van der Waals surface area (Å²) in [5.41, 5.74) is 8.67. The van der Waals surface area contributed by atoms with Crippen LogP contribution >= 0.6 is 15.9 Å². The summed E-state index contributed by atoms with van der Waals surface area (Å²) in [6, 6.07) is 7.56. The first-order chi connectivity index (χ1) is 9.51. The van der Waals surface area contributed by atoms with Gasteiger partial charge in [-0.15, -0.1) is 0 Å². The van der Waals surface area contributed by atoms with Crippen LogP contribution in [0, 0.1) is 0 Å². The Morgan fingerprint density at radius 1 is 1.40 bits per heavy atom. The van der Waals surface area contributed by atoms with Crippen molar-refractivity contribution in [2.75, 3.05) is 31.6 Å². The van der Waals surface area contributed by atoms with Gasteiger partial charge < -0.3 is 15.5 Å². The van der Waals surface area contributed by atoms with Crippen LogP contribution in [0.3, 0.4) is 0 Å². The van der Waals surface area contributed by atoms with E-state index in [9.17, 15) is 0 Å². The van der Waals surface area contributed by atoms with E-state index in [1.807, 2.05) is 0 Å². The summed E-state index contributed by atoms with van der Waals surface area (Å²) in [5.74, 6) is 0. The molecule has 2 rings (SSSR count). The summed E-state index contributed by atoms with van der Waals surface area (Å²) >= 11 is 3.71. The summed E-state index contributed by atoms with van der Waals surface area (Å²) < 4.78 is 1.19. The highest BCUT2D eigenvalue weighted by Crippen LogP contribution is 2.26. The first kappa shape index (κ1) is 15.8. The minimum Gasteiger partial charge on any atom is -0.369 e. The van der Waals surface area contributed by atoms with E-state index in [4.69, 9.17) is 5.73 Å². The second-order valence-corrected chi connectivity index (χ2v) is 6.78. The molecule has 2 N–H and O–H groups in total. The molecule has 4 heteroatoms. The van der Waals surface area contributed by atoms with Crippen LogP contribution in [0.4, 0.5) is 5.69 Å². The molecule has 2 atom stereocenters. The number of rotatable bonds is 4. The Hall–Kier alpha value is -0.580. The second kappa shape index (κ2) is 6.92. The fourth-order valence-corrected chi connectivity index (χ4v) is 3.14. The van der Waals surface area contributed by atoms with Crippen LogP contribution in [0.2, 0.25) is 0 Å². The fourth-order valence-electron chi connectivity index (χ4n) is 2.61. The lowest BCUT2D eigenvalue weighted by molar-refractivity contribution is 0.234. The highest BCUT2D eigenvalue weighted by molar-refractivity contribution is 9.10. The molecule has 0 spiro atoms. The third-order valence-electron chi connectivity index (χ3n) is 4.37. The van der Waals surface area contributed by atoms with E-state index in [0.29, 0.717) is 6.04 Å². The molecule has 0 aromatic heterocycles.